The van der Waals surface area contributed by atoms with Gasteiger partial charge in [0.1, 0.15) is 0 Å². The van der Waals surface area contributed by atoms with E-state index in [1.807, 2.05) is 11.3 Å². The first-order valence-electron chi connectivity index (χ1n) is 6.60. The Morgan fingerprint density at radius 1 is 1.47 bits per heavy atom. The lowest BCUT2D eigenvalue weighted by Crippen LogP contribution is -2.25. The van der Waals surface area contributed by atoms with Crippen molar-refractivity contribution in [3.8, 4) is 0 Å². The van der Waals surface area contributed by atoms with E-state index in [0.717, 1.165) is 13.0 Å². The molecule has 0 saturated carbocycles. The topological polar surface area (TPSA) is 40.5 Å². The number of rotatable bonds is 3. The van der Waals surface area contributed by atoms with Gasteiger partial charge in [-0.1, -0.05) is 18.2 Å². The number of hydrogen-bond acceptors (Lipinski definition) is 3. The lowest BCUT2D eigenvalue weighted by molar-refractivity contribution is -0.141. The van der Waals surface area contributed by atoms with E-state index in [-0.39, 0.29) is 5.92 Å². The number of carboxylic acid groups (broad SMARTS) is 1. The molecule has 1 saturated heterocycles. The third-order valence-electron chi connectivity index (χ3n) is 3.97. The number of likely N-dealkylation sites (tertiary alicyclic amines) is 1. The van der Waals surface area contributed by atoms with Gasteiger partial charge in [-0.25, -0.2) is 0 Å². The summed E-state index contributed by atoms with van der Waals surface area (Å²) in [6.07, 6.45) is 0.768. The van der Waals surface area contributed by atoms with Crippen LogP contribution >= 0.6 is 11.3 Å². The van der Waals surface area contributed by atoms with Gasteiger partial charge in [-0.05, 0) is 37.4 Å². The van der Waals surface area contributed by atoms with E-state index >= 15 is 0 Å². The van der Waals surface area contributed by atoms with Crippen LogP contribution in [0.5, 0.6) is 0 Å². The predicted molar refractivity (Wildman–Crippen MR) is 77.6 cm³/mol. The highest BCUT2D eigenvalue weighted by atomic mass is 32.1. The van der Waals surface area contributed by atoms with Crippen LogP contribution in [0.1, 0.15) is 24.3 Å². The standard InChI is InChI=1S/C15H17NO2S/c1-10(16-7-6-12(9-16)15(17)18)14-8-11-4-2-3-5-13(11)19-14/h2-5,8,10,12H,6-7,9H2,1H3,(H,17,18). The Hall–Kier alpha value is -1.39. The zero-order valence-electron chi connectivity index (χ0n) is 10.9. The summed E-state index contributed by atoms with van der Waals surface area (Å²) < 4.78 is 1.30. The molecular weight excluding hydrogens is 258 g/mol. The van der Waals surface area contributed by atoms with Crippen LogP contribution in [0, 0.1) is 5.92 Å². The van der Waals surface area contributed by atoms with E-state index in [0.29, 0.717) is 12.6 Å². The van der Waals surface area contributed by atoms with Crippen molar-refractivity contribution in [2.24, 2.45) is 5.92 Å². The summed E-state index contributed by atoms with van der Waals surface area (Å²) in [5.74, 6) is -0.858. The number of benzene rings is 1. The molecule has 1 aromatic heterocycles. The van der Waals surface area contributed by atoms with Gasteiger partial charge in [-0.15, -0.1) is 11.3 Å². The molecule has 4 heteroatoms. The van der Waals surface area contributed by atoms with Crippen molar-refractivity contribution in [2.45, 2.75) is 19.4 Å². The van der Waals surface area contributed by atoms with Crippen LogP contribution in [0.25, 0.3) is 10.1 Å². The van der Waals surface area contributed by atoms with Crippen LogP contribution in [-0.4, -0.2) is 29.1 Å². The van der Waals surface area contributed by atoms with Gasteiger partial charge >= 0.3 is 5.97 Å². The summed E-state index contributed by atoms with van der Waals surface area (Å²) in [7, 11) is 0. The minimum atomic E-state index is -0.661. The number of fused-ring (bicyclic) bond motifs is 1. The molecule has 1 aliphatic heterocycles. The summed E-state index contributed by atoms with van der Waals surface area (Å²) in [6, 6.07) is 10.9. The van der Waals surface area contributed by atoms with E-state index in [4.69, 9.17) is 5.11 Å². The largest absolute Gasteiger partial charge is 0.481 e. The van der Waals surface area contributed by atoms with E-state index in [9.17, 15) is 4.79 Å². The van der Waals surface area contributed by atoms with Crippen molar-refractivity contribution < 1.29 is 9.90 Å². The second kappa shape index (κ2) is 4.94. The number of aliphatic carboxylic acids is 1. The second-order valence-electron chi connectivity index (χ2n) is 5.18. The molecule has 0 bridgehead atoms. The molecule has 19 heavy (non-hydrogen) atoms. The first-order valence-corrected chi connectivity index (χ1v) is 7.42. The van der Waals surface area contributed by atoms with Crippen molar-refractivity contribution in [3.63, 3.8) is 0 Å². The Morgan fingerprint density at radius 3 is 2.95 bits per heavy atom. The van der Waals surface area contributed by atoms with E-state index in [2.05, 4.69) is 42.2 Å². The molecule has 3 nitrogen and oxygen atoms in total. The van der Waals surface area contributed by atoms with Crippen LogP contribution in [0.4, 0.5) is 0 Å². The molecule has 2 aromatic rings. The van der Waals surface area contributed by atoms with Gasteiger partial charge in [0.2, 0.25) is 0 Å². The monoisotopic (exact) mass is 275 g/mol. The van der Waals surface area contributed by atoms with Gasteiger partial charge < -0.3 is 5.11 Å². The number of carbonyl (C=O) groups is 1. The van der Waals surface area contributed by atoms with Crippen LogP contribution in [0.3, 0.4) is 0 Å². The SMILES string of the molecule is CC(c1cc2ccccc2s1)N1CCC(C(=O)O)C1. The third kappa shape index (κ3) is 2.38. The minimum absolute atomic E-state index is 0.197. The van der Waals surface area contributed by atoms with E-state index < -0.39 is 5.97 Å². The molecule has 2 unspecified atom stereocenters. The van der Waals surface area contributed by atoms with Crippen LogP contribution < -0.4 is 0 Å². The molecule has 0 amide bonds. The molecule has 2 atom stereocenters. The molecule has 2 heterocycles. The average molecular weight is 275 g/mol. The van der Waals surface area contributed by atoms with Gasteiger partial charge in [0.15, 0.2) is 0 Å². The quantitative estimate of drug-likeness (QED) is 0.933. The summed E-state index contributed by atoms with van der Waals surface area (Å²) in [5.41, 5.74) is 0. The predicted octanol–water partition coefficient (Wildman–Crippen LogP) is 3.37. The molecule has 1 aliphatic rings. The molecule has 0 spiro atoms. The highest BCUT2D eigenvalue weighted by Gasteiger charge is 2.31. The first-order chi connectivity index (χ1) is 9.15. The maximum Gasteiger partial charge on any atom is 0.307 e. The van der Waals surface area contributed by atoms with Crippen LogP contribution in [0.15, 0.2) is 30.3 Å². The molecule has 3 rings (SSSR count). The molecule has 0 aliphatic carbocycles. The zero-order chi connectivity index (χ0) is 13.4. The Morgan fingerprint density at radius 2 is 2.26 bits per heavy atom. The zero-order valence-corrected chi connectivity index (χ0v) is 11.7. The fourth-order valence-electron chi connectivity index (χ4n) is 2.73. The summed E-state index contributed by atoms with van der Waals surface area (Å²) >= 11 is 1.81. The molecule has 1 aromatic carbocycles. The van der Waals surface area contributed by atoms with E-state index in [1.165, 1.54) is 15.0 Å². The third-order valence-corrected chi connectivity index (χ3v) is 5.26. The van der Waals surface area contributed by atoms with Crippen LogP contribution in [0.2, 0.25) is 0 Å². The lowest BCUT2D eigenvalue weighted by atomic mass is 10.1. The van der Waals surface area contributed by atoms with Crippen molar-refractivity contribution in [1.82, 2.24) is 4.90 Å². The smallest absolute Gasteiger partial charge is 0.307 e. The Kier molecular flexibility index (Phi) is 3.29. The summed E-state index contributed by atoms with van der Waals surface area (Å²) in [5, 5.41) is 10.4. The molecule has 1 N–H and O–H groups in total. The summed E-state index contributed by atoms with van der Waals surface area (Å²) in [4.78, 5) is 14.6. The first kappa shape index (κ1) is 12.6. The van der Waals surface area contributed by atoms with Gasteiger partial charge in [0, 0.05) is 22.2 Å². The summed E-state index contributed by atoms with van der Waals surface area (Å²) in [6.45, 7) is 3.73. The molecular formula is C15H17NO2S. The average Bonchev–Trinajstić information content (AvgIpc) is 3.04. The molecule has 100 valence electrons. The fraction of sp³-hybridized carbons (Fsp3) is 0.400. The van der Waals surface area contributed by atoms with Crippen molar-refractivity contribution >= 4 is 27.4 Å². The maximum atomic E-state index is 11.0. The van der Waals surface area contributed by atoms with Gasteiger partial charge in [0.25, 0.3) is 0 Å². The number of hydrogen-bond donors (Lipinski definition) is 1. The highest BCUT2D eigenvalue weighted by Crippen LogP contribution is 2.34. The number of nitrogens with zero attached hydrogens (tertiary/aromatic N) is 1. The van der Waals surface area contributed by atoms with Gasteiger partial charge in [-0.3, -0.25) is 9.69 Å². The van der Waals surface area contributed by atoms with E-state index in [1.54, 1.807) is 0 Å². The Balaban J connectivity index is 1.80. The maximum absolute atomic E-state index is 11.0. The number of thiophene rings is 1. The van der Waals surface area contributed by atoms with Gasteiger partial charge in [-0.2, -0.15) is 0 Å². The highest BCUT2D eigenvalue weighted by molar-refractivity contribution is 7.19. The Bertz CT molecular complexity index is 574. The van der Waals surface area contributed by atoms with Crippen LogP contribution in [-0.2, 0) is 4.79 Å². The lowest BCUT2D eigenvalue weighted by Gasteiger charge is -2.22. The minimum Gasteiger partial charge on any atom is -0.481 e. The molecule has 0 radical (unpaired) electrons. The van der Waals surface area contributed by atoms with Gasteiger partial charge in [0.05, 0.1) is 5.92 Å². The second-order valence-corrected chi connectivity index (χ2v) is 6.30. The molecule has 1 fully saturated rings. The van der Waals surface area contributed by atoms with Crippen molar-refractivity contribution in [1.29, 1.82) is 0 Å². The Labute approximate surface area is 116 Å². The van der Waals surface area contributed by atoms with Crippen molar-refractivity contribution in [3.05, 3.63) is 35.2 Å². The fourth-order valence-corrected chi connectivity index (χ4v) is 3.88. The normalized spacial score (nSPS) is 21.8. The van der Waals surface area contributed by atoms with Crippen molar-refractivity contribution in [2.75, 3.05) is 13.1 Å². The number of carboxylic acids is 1.